The Labute approximate surface area is 177 Å². The average molecular weight is 427 g/mol. The fourth-order valence-corrected chi connectivity index (χ4v) is 4.64. The number of benzene rings is 2. The van der Waals surface area contributed by atoms with Gasteiger partial charge in [-0.1, -0.05) is 30.3 Å². The lowest BCUT2D eigenvalue weighted by molar-refractivity contribution is -0.142. The maximum atomic E-state index is 14.8. The van der Waals surface area contributed by atoms with Crippen molar-refractivity contribution in [3.8, 4) is 0 Å². The molecule has 3 aromatic rings. The van der Waals surface area contributed by atoms with Gasteiger partial charge in [-0.3, -0.25) is 9.47 Å². The molecule has 2 amide bonds. The Hall–Kier alpha value is -3.42. The van der Waals surface area contributed by atoms with Crippen LogP contribution < -0.4 is 10.7 Å². The standard InChI is InChI=1S/C23H23F2N3O3/c1-26-23(31)27-28-20-15(17-11-14(24)12-19(25)21(17)28)8-5-9-16(20)18(22(29)30)10-13-6-3-2-4-7-13/h2-4,6-7,11-12,16,18H,5,8-10H2,1H3,(H,29,30)(H2,26,27,31). The fraction of sp³-hybridized carbons (Fsp3) is 0.304. The second kappa shape index (κ2) is 8.37. The maximum absolute atomic E-state index is 14.8. The molecule has 2 atom stereocenters. The van der Waals surface area contributed by atoms with Gasteiger partial charge >= 0.3 is 12.0 Å². The van der Waals surface area contributed by atoms with E-state index in [1.54, 1.807) is 0 Å². The number of rotatable bonds is 5. The van der Waals surface area contributed by atoms with Crippen LogP contribution in [0.1, 0.15) is 35.6 Å². The van der Waals surface area contributed by atoms with Crippen molar-refractivity contribution in [2.75, 3.05) is 12.5 Å². The van der Waals surface area contributed by atoms with Crippen molar-refractivity contribution in [3.63, 3.8) is 0 Å². The number of hydrogen-bond acceptors (Lipinski definition) is 2. The van der Waals surface area contributed by atoms with Crippen molar-refractivity contribution in [2.24, 2.45) is 5.92 Å². The lowest BCUT2D eigenvalue weighted by atomic mass is 9.76. The Morgan fingerprint density at radius 3 is 2.65 bits per heavy atom. The summed E-state index contributed by atoms with van der Waals surface area (Å²) in [6.45, 7) is 0. The molecule has 0 bridgehead atoms. The van der Waals surface area contributed by atoms with Crippen LogP contribution in [0.5, 0.6) is 0 Å². The molecular formula is C23H23F2N3O3. The zero-order valence-corrected chi connectivity index (χ0v) is 17.0. The Bertz CT molecular complexity index is 1140. The van der Waals surface area contributed by atoms with Crippen molar-refractivity contribution in [3.05, 3.63) is 70.9 Å². The molecule has 0 radical (unpaired) electrons. The molecule has 1 heterocycles. The van der Waals surface area contributed by atoms with Gasteiger partial charge in [0.25, 0.3) is 0 Å². The van der Waals surface area contributed by atoms with Gasteiger partial charge in [-0.05, 0) is 42.9 Å². The van der Waals surface area contributed by atoms with E-state index < -0.39 is 35.5 Å². The first-order valence-corrected chi connectivity index (χ1v) is 10.2. The largest absolute Gasteiger partial charge is 0.481 e. The third-order valence-electron chi connectivity index (χ3n) is 5.96. The molecule has 31 heavy (non-hydrogen) atoms. The van der Waals surface area contributed by atoms with E-state index in [0.717, 1.165) is 11.6 Å². The summed E-state index contributed by atoms with van der Waals surface area (Å²) < 4.78 is 30.2. The van der Waals surface area contributed by atoms with Gasteiger partial charge in [-0.2, -0.15) is 0 Å². The molecule has 2 aromatic carbocycles. The average Bonchev–Trinajstić information content (AvgIpc) is 3.06. The summed E-state index contributed by atoms with van der Waals surface area (Å²) in [6, 6.07) is 10.7. The minimum atomic E-state index is -0.967. The first kappa shape index (κ1) is 20.8. The summed E-state index contributed by atoms with van der Waals surface area (Å²) >= 11 is 0. The first-order valence-electron chi connectivity index (χ1n) is 10.2. The second-order valence-corrected chi connectivity index (χ2v) is 7.81. The number of hydrogen-bond donors (Lipinski definition) is 3. The molecule has 4 rings (SSSR count). The van der Waals surface area contributed by atoms with Crippen molar-refractivity contribution < 1.29 is 23.5 Å². The number of amides is 2. The highest BCUT2D eigenvalue weighted by molar-refractivity contribution is 5.91. The number of aromatic nitrogens is 1. The molecule has 0 saturated heterocycles. The monoisotopic (exact) mass is 427 g/mol. The number of carbonyl (C=O) groups is 2. The smallest absolute Gasteiger partial charge is 0.333 e. The number of carbonyl (C=O) groups excluding carboxylic acids is 1. The van der Waals surface area contributed by atoms with Crippen molar-refractivity contribution in [1.82, 2.24) is 9.99 Å². The number of carboxylic acid groups (broad SMARTS) is 1. The predicted octanol–water partition coefficient (Wildman–Crippen LogP) is 4.17. The minimum Gasteiger partial charge on any atom is -0.481 e. The Morgan fingerprint density at radius 1 is 1.23 bits per heavy atom. The number of urea groups is 1. The van der Waals surface area contributed by atoms with Gasteiger partial charge in [0.05, 0.1) is 5.92 Å². The minimum absolute atomic E-state index is 0.0470. The summed E-state index contributed by atoms with van der Waals surface area (Å²) in [6.07, 6.45) is 2.09. The van der Waals surface area contributed by atoms with E-state index in [4.69, 9.17) is 0 Å². The van der Waals surface area contributed by atoms with Crippen LogP contribution in [0.3, 0.4) is 0 Å². The van der Waals surface area contributed by atoms with Crippen molar-refractivity contribution in [1.29, 1.82) is 0 Å². The molecule has 0 fully saturated rings. The lowest BCUT2D eigenvalue weighted by Crippen LogP contribution is -2.35. The molecule has 0 spiro atoms. The summed E-state index contributed by atoms with van der Waals surface area (Å²) in [4.78, 5) is 24.4. The van der Waals surface area contributed by atoms with Gasteiger partial charge in [0.1, 0.15) is 11.3 Å². The second-order valence-electron chi connectivity index (χ2n) is 7.81. The van der Waals surface area contributed by atoms with Crippen LogP contribution in [0.4, 0.5) is 13.6 Å². The number of aryl methyl sites for hydroxylation is 1. The number of nitrogens with zero attached hydrogens (tertiary/aromatic N) is 1. The van der Waals surface area contributed by atoms with E-state index in [1.165, 1.54) is 17.8 Å². The summed E-state index contributed by atoms with van der Waals surface area (Å²) in [5, 5.41) is 12.8. The number of carboxylic acids is 1. The van der Waals surface area contributed by atoms with Gasteiger partial charge in [0, 0.05) is 30.1 Å². The van der Waals surface area contributed by atoms with Gasteiger partial charge in [0.15, 0.2) is 5.82 Å². The van der Waals surface area contributed by atoms with Crippen LogP contribution in [0.15, 0.2) is 42.5 Å². The Morgan fingerprint density at radius 2 is 1.97 bits per heavy atom. The molecular weight excluding hydrogens is 404 g/mol. The Balaban J connectivity index is 1.90. The van der Waals surface area contributed by atoms with E-state index in [1.807, 2.05) is 30.3 Å². The fourth-order valence-electron chi connectivity index (χ4n) is 4.64. The van der Waals surface area contributed by atoms with Crippen LogP contribution in [0, 0.1) is 17.6 Å². The van der Waals surface area contributed by atoms with Gasteiger partial charge in [-0.25, -0.2) is 19.0 Å². The topological polar surface area (TPSA) is 83.4 Å². The summed E-state index contributed by atoms with van der Waals surface area (Å²) in [5.41, 5.74) is 4.73. The van der Waals surface area contributed by atoms with E-state index in [2.05, 4.69) is 10.7 Å². The molecule has 1 aliphatic rings. The molecule has 0 aliphatic heterocycles. The van der Waals surface area contributed by atoms with Crippen LogP contribution in [-0.4, -0.2) is 28.8 Å². The molecule has 2 unspecified atom stereocenters. The third kappa shape index (κ3) is 3.85. The van der Waals surface area contributed by atoms with E-state index in [-0.39, 0.29) is 5.52 Å². The molecule has 1 aromatic heterocycles. The Kier molecular flexibility index (Phi) is 5.63. The van der Waals surface area contributed by atoms with E-state index >= 15 is 0 Å². The third-order valence-corrected chi connectivity index (χ3v) is 5.96. The SMILES string of the molecule is CNC(=O)Nn1c2c(c3cc(F)cc(F)c31)CCCC2C(Cc1ccccc1)C(=O)O. The number of fused-ring (bicyclic) bond motifs is 3. The van der Waals surface area contributed by atoms with Gasteiger partial charge < -0.3 is 10.4 Å². The van der Waals surface area contributed by atoms with Crippen LogP contribution in [0.25, 0.3) is 10.9 Å². The van der Waals surface area contributed by atoms with Crippen molar-refractivity contribution >= 4 is 22.9 Å². The van der Waals surface area contributed by atoms with Crippen LogP contribution in [-0.2, 0) is 17.6 Å². The molecule has 1 aliphatic carbocycles. The summed E-state index contributed by atoms with van der Waals surface area (Å²) in [5.74, 6) is -3.76. The zero-order chi connectivity index (χ0) is 22.1. The van der Waals surface area contributed by atoms with Crippen LogP contribution in [0.2, 0.25) is 0 Å². The molecule has 3 N–H and O–H groups in total. The lowest BCUT2D eigenvalue weighted by Gasteiger charge is -2.30. The molecule has 162 valence electrons. The number of halogens is 2. The highest BCUT2D eigenvalue weighted by Gasteiger charge is 2.38. The number of aliphatic carboxylic acids is 1. The van der Waals surface area contributed by atoms with E-state index in [9.17, 15) is 23.5 Å². The molecule has 8 heteroatoms. The van der Waals surface area contributed by atoms with Crippen molar-refractivity contribution in [2.45, 2.75) is 31.6 Å². The normalized spacial score (nSPS) is 16.5. The maximum Gasteiger partial charge on any atom is 0.333 e. The molecule has 0 saturated carbocycles. The highest BCUT2D eigenvalue weighted by atomic mass is 19.1. The number of nitrogens with one attached hydrogen (secondary N) is 2. The highest BCUT2D eigenvalue weighted by Crippen LogP contribution is 2.43. The summed E-state index contributed by atoms with van der Waals surface area (Å²) in [7, 11) is 1.43. The van der Waals surface area contributed by atoms with Gasteiger partial charge in [-0.15, -0.1) is 0 Å². The quantitative estimate of drug-likeness (QED) is 0.572. The van der Waals surface area contributed by atoms with Gasteiger partial charge in [0.2, 0.25) is 0 Å². The zero-order valence-electron chi connectivity index (χ0n) is 17.0. The van der Waals surface area contributed by atoms with Crippen LogP contribution >= 0.6 is 0 Å². The van der Waals surface area contributed by atoms with E-state index in [0.29, 0.717) is 42.3 Å². The molecule has 6 nitrogen and oxygen atoms in total. The first-order chi connectivity index (χ1) is 14.9. The predicted molar refractivity (Wildman–Crippen MR) is 113 cm³/mol.